The zero-order valence-corrected chi connectivity index (χ0v) is 12.7. The molecule has 0 radical (unpaired) electrons. The lowest BCUT2D eigenvalue weighted by molar-refractivity contribution is 0.0636. The Labute approximate surface area is 129 Å². The van der Waals surface area contributed by atoms with Gasteiger partial charge in [-0.3, -0.25) is 14.4 Å². The average molecular weight is 300 g/mol. The first-order valence-electron chi connectivity index (χ1n) is 7.73. The number of carbonyl (C=O) groups excluding carboxylic acids is 1. The Kier molecular flexibility index (Phi) is 3.26. The monoisotopic (exact) mass is 300 g/mol. The van der Waals surface area contributed by atoms with Gasteiger partial charge in [0.15, 0.2) is 5.76 Å². The van der Waals surface area contributed by atoms with Crippen molar-refractivity contribution in [2.45, 2.75) is 19.0 Å². The Balaban J connectivity index is 1.45. The summed E-state index contributed by atoms with van der Waals surface area (Å²) in [7, 11) is 1.94. The topological polar surface area (TPSA) is 54.5 Å². The maximum Gasteiger partial charge on any atom is 0.289 e. The van der Waals surface area contributed by atoms with E-state index in [2.05, 4.69) is 16.2 Å². The Morgan fingerprint density at radius 3 is 3.05 bits per heavy atom. The Bertz CT molecular complexity index is 664. The van der Waals surface area contributed by atoms with Crippen molar-refractivity contribution >= 4 is 5.91 Å². The minimum absolute atomic E-state index is 0.0166. The van der Waals surface area contributed by atoms with Crippen LogP contribution >= 0.6 is 0 Å². The standard InChI is InChI=1S/C16H20N4O2/c1-18-7-13(6-17-18)10-19-8-12-5-14(19)11-20(9-12)16(21)15-3-2-4-22-15/h2-4,6-7,12,14H,5,8-11H2,1H3/t12-,14+/m1/s1. The highest BCUT2D eigenvalue weighted by Gasteiger charge is 2.40. The normalized spacial score (nSPS) is 24.9. The molecule has 0 saturated carbocycles. The van der Waals surface area contributed by atoms with Crippen molar-refractivity contribution in [3.63, 3.8) is 0 Å². The second-order valence-electron chi connectivity index (χ2n) is 6.39. The third-order valence-electron chi connectivity index (χ3n) is 4.69. The van der Waals surface area contributed by atoms with E-state index >= 15 is 0 Å². The second kappa shape index (κ2) is 5.28. The fraction of sp³-hybridized carbons (Fsp3) is 0.500. The molecule has 2 bridgehead atoms. The van der Waals surface area contributed by atoms with Crippen molar-refractivity contribution < 1.29 is 9.21 Å². The molecule has 4 rings (SSSR count). The van der Waals surface area contributed by atoms with Crippen LogP contribution in [0.1, 0.15) is 22.5 Å². The highest BCUT2D eigenvalue weighted by molar-refractivity contribution is 5.91. The third-order valence-corrected chi connectivity index (χ3v) is 4.69. The zero-order chi connectivity index (χ0) is 15.1. The molecule has 22 heavy (non-hydrogen) atoms. The number of furan rings is 1. The molecule has 2 aromatic rings. The number of aromatic nitrogens is 2. The molecular weight excluding hydrogens is 280 g/mol. The Morgan fingerprint density at radius 2 is 2.32 bits per heavy atom. The molecule has 6 heteroatoms. The fourth-order valence-electron chi connectivity index (χ4n) is 3.76. The molecule has 4 heterocycles. The van der Waals surface area contributed by atoms with Crippen LogP contribution < -0.4 is 0 Å². The van der Waals surface area contributed by atoms with Crippen molar-refractivity contribution in [2.24, 2.45) is 13.0 Å². The Morgan fingerprint density at radius 1 is 1.41 bits per heavy atom. The SMILES string of the molecule is Cn1cc(CN2C[C@H]3C[C@H]2CN(C(=O)c2ccco2)C3)cn1. The van der Waals surface area contributed by atoms with Crippen molar-refractivity contribution in [2.75, 3.05) is 19.6 Å². The average Bonchev–Trinajstić information content (AvgIpc) is 3.21. The smallest absolute Gasteiger partial charge is 0.289 e. The van der Waals surface area contributed by atoms with E-state index in [4.69, 9.17) is 4.42 Å². The summed E-state index contributed by atoms with van der Waals surface area (Å²) in [5, 5.41) is 4.23. The van der Waals surface area contributed by atoms with Gasteiger partial charge < -0.3 is 9.32 Å². The summed E-state index contributed by atoms with van der Waals surface area (Å²) in [5.74, 6) is 1.03. The molecule has 0 spiro atoms. The number of piperidine rings is 1. The number of aryl methyl sites for hydroxylation is 1. The van der Waals surface area contributed by atoms with Gasteiger partial charge in [0.2, 0.25) is 0 Å². The van der Waals surface area contributed by atoms with Gasteiger partial charge >= 0.3 is 0 Å². The van der Waals surface area contributed by atoms with Crippen LogP contribution in [-0.4, -0.2) is 51.2 Å². The van der Waals surface area contributed by atoms with Gasteiger partial charge in [-0.05, 0) is 24.5 Å². The second-order valence-corrected chi connectivity index (χ2v) is 6.39. The number of fused-ring (bicyclic) bond motifs is 2. The summed E-state index contributed by atoms with van der Waals surface area (Å²) in [4.78, 5) is 16.9. The van der Waals surface area contributed by atoms with Crippen molar-refractivity contribution in [1.82, 2.24) is 19.6 Å². The molecule has 0 aliphatic carbocycles. The highest BCUT2D eigenvalue weighted by Crippen LogP contribution is 2.31. The quantitative estimate of drug-likeness (QED) is 0.859. The van der Waals surface area contributed by atoms with Gasteiger partial charge in [-0.25, -0.2) is 0 Å². The summed E-state index contributed by atoms with van der Waals surface area (Å²) >= 11 is 0. The molecule has 2 atom stereocenters. The first-order valence-corrected chi connectivity index (χ1v) is 7.73. The molecule has 6 nitrogen and oxygen atoms in total. The molecule has 0 unspecified atom stereocenters. The fourth-order valence-corrected chi connectivity index (χ4v) is 3.76. The van der Waals surface area contributed by atoms with Gasteiger partial charge in [0.25, 0.3) is 5.91 Å². The van der Waals surface area contributed by atoms with Crippen LogP contribution in [0.2, 0.25) is 0 Å². The lowest BCUT2D eigenvalue weighted by atomic mass is 10.00. The van der Waals surface area contributed by atoms with Crippen LogP contribution in [0.4, 0.5) is 0 Å². The molecular formula is C16H20N4O2. The number of amides is 1. The Hall–Kier alpha value is -2.08. The molecule has 2 aliphatic heterocycles. The summed E-state index contributed by atoms with van der Waals surface area (Å²) in [6.45, 7) is 3.59. The highest BCUT2D eigenvalue weighted by atomic mass is 16.3. The maximum atomic E-state index is 12.4. The largest absolute Gasteiger partial charge is 0.459 e. The van der Waals surface area contributed by atoms with E-state index in [1.807, 2.05) is 22.8 Å². The molecule has 116 valence electrons. The summed E-state index contributed by atoms with van der Waals surface area (Å²) in [6.07, 6.45) is 6.73. The predicted molar refractivity (Wildman–Crippen MR) is 80.1 cm³/mol. The van der Waals surface area contributed by atoms with E-state index in [0.717, 1.165) is 26.2 Å². The van der Waals surface area contributed by atoms with E-state index in [9.17, 15) is 4.79 Å². The van der Waals surface area contributed by atoms with Crippen LogP contribution in [0.25, 0.3) is 0 Å². The van der Waals surface area contributed by atoms with Gasteiger partial charge in [-0.15, -0.1) is 0 Å². The molecule has 2 saturated heterocycles. The van der Waals surface area contributed by atoms with E-state index in [1.54, 1.807) is 18.4 Å². The van der Waals surface area contributed by atoms with Gasteiger partial charge in [0.05, 0.1) is 12.5 Å². The van der Waals surface area contributed by atoms with Gasteiger partial charge in [0, 0.05) is 51.0 Å². The number of rotatable bonds is 3. The number of carbonyl (C=O) groups is 1. The number of hydrogen-bond acceptors (Lipinski definition) is 4. The summed E-state index contributed by atoms with van der Waals surface area (Å²) in [5.41, 5.74) is 1.24. The lowest BCUT2D eigenvalue weighted by Gasteiger charge is -2.32. The van der Waals surface area contributed by atoms with Crippen LogP contribution in [0.3, 0.4) is 0 Å². The molecule has 1 amide bonds. The van der Waals surface area contributed by atoms with E-state index in [0.29, 0.717) is 17.7 Å². The minimum Gasteiger partial charge on any atom is -0.459 e. The van der Waals surface area contributed by atoms with Crippen LogP contribution in [-0.2, 0) is 13.6 Å². The van der Waals surface area contributed by atoms with Crippen LogP contribution in [0, 0.1) is 5.92 Å². The predicted octanol–water partition coefficient (Wildman–Crippen LogP) is 1.36. The van der Waals surface area contributed by atoms with E-state index in [-0.39, 0.29) is 5.91 Å². The lowest BCUT2D eigenvalue weighted by Crippen LogP contribution is -2.45. The van der Waals surface area contributed by atoms with E-state index < -0.39 is 0 Å². The number of likely N-dealkylation sites (tertiary alicyclic amines) is 2. The maximum absolute atomic E-state index is 12.4. The number of hydrogen-bond donors (Lipinski definition) is 0. The first-order chi connectivity index (χ1) is 10.7. The van der Waals surface area contributed by atoms with E-state index in [1.165, 1.54) is 12.0 Å². The van der Waals surface area contributed by atoms with Crippen LogP contribution in [0.15, 0.2) is 35.2 Å². The summed E-state index contributed by atoms with van der Waals surface area (Å²) < 4.78 is 7.09. The first kappa shape index (κ1) is 13.6. The number of nitrogens with zero attached hydrogens (tertiary/aromatic N) is 4. The molecule has 2 fully saturated rings. The van der Waals surface area contributed by atoms with Crippen molar-refractivity contribution in [3.05, 3.63) is 42.1 Å². The molecule has 2 aromatic heterocycles. The van der Waals surface area contributed by atoms with Gasteiger partial charge in [-0.2, -0.15) is 5.10 Å². The molecule has 0 N–H and O–H groups in total. The van der Waals surface area contributed by atoms with Crippen molar-refractivity contribution in [3.8, 4) is 0 Å². The zero-order valence-electron chi connectivity index (χ0n) is 12.7. The minimum atomic E-state index is 0.0166. The van der Waals surface area contributed by atoms with Gasteiger partial charge in [0.1, 0.15) is 0 Å². The van der Waals surface area contributed by atoms with Crippen molar-refractivity contribution in [1.29, 1.82) is 0 Å². The molecule has 2 aliphatic rings. The molecule has 0 aromatic carbocycles. The summed E-state index contributed by atoms with van der Waals surface area (Å²) in [6, 6.07) is 3.95. The third kappa shape index (κ3) is 2.43. The van der Waals surface area contributed by atoms with Gasteiger partial charge in [-0.1, -0.05) is 0 Å². The van der Waals surface area contributed by atoms with Crippen LogP contribution in [0.5, 0.6) is 0 Å².